The van der Waals surface area contributed by atoms with Crippen LogP contribution in [-0.4, -0.2) is 33.8 Å². The normalized spacial score (nSPS) is 11.0. The van der Waals surface area contributed by atoms with E-state index in [0.717, 1.165) is 15.7 Å². The fourth-order valence-electron chi connectivity index (χ4n) is 4.76. The number of aromatic nitrogens is 3. The van der Waals surface area contributed by atoms with E-state index in [4.69, 9.17) is 9.47 Å². The van der Waals surface area contributed by atoms with Crippen LogP contribution in [0.25, 0.3) is 27.8 Å². The first kappa shape index (κ1) is 25.6. The predicted molar refractivity (Wildman–Crippen MR) is 151 cm³/mol. The Morgan fingerprint density at radius 3 is 2.23 bits per heavy atom. The summed E-state index contributed by atoms with van der Waals surface area (Å²) in [5, 5.41) is 3.29. The number of carbonyl (C=O) groups is 1. The molecule has 39 heavy (non-hydrogen) atoms. The Morgan fingerprint density at radius 1 is 0.846 bits per heavy atom. The van der Waals surface area contributed by atoms with E-state index < -0.39 is 11.2 Å². The van der Waals surface area contributed by atoms with Gasteiger partial charge in [0.1, 0.15) is 11.5 Å². The lowest BCUT2D eigenvalue weighted by atomic mass is 10.1. The number of aryl methyl sites for hydroxylation is 2. The minimum atomic E-state index is -0.427. The number of hydrogen-bond donors (Lipinski definition) is 1. The molecule has 0 saturated heterocycles. The molecule has 5 rings (SSSR count). The minimum absolute atomic E-state index is 0.297. The first-order valence-corrected chi connectivity index (χ1v) is 12.3. The van der Waals surface area contributed by atoms with Crippen molar-refractivity contribution in [3.8, 4) is 28.4 Å². The lowest BCUT2D eigenvalue weighted by molar-refractivity contribution is 0.102. The maximum absolute atomic E-state index is 13.4. The van der Waals surface area contributed by atoms with Crippen molar-refractivity contribution in [1.82, 2.24) is 13.7 Å². The van der Waals surface area contributed by atoms with E-state index in [0.29, 0.717) is 45.0 Å². The molecular weight excluding hydrogens is 496 g/mol. The summed E-state index contributed by atoms with van der Waals surface area (Å²) in [6.07, 6.45) is 1.75. The zero-order valence-corrected chi connectivity index (χ0v) is 22.3. The number of amides is 1. The molecule has 5 aromatic rings. The molecule has 0 aliphatic heterocycles. The van der Waals surface area contributed by atoms with Gasteiger partial charge in [-0.2, -0.15) is 0 Å². The molecule has 2 heterocycles. The average Bonchev–Trinajstić information content (AvgIpc) is 3.36. The second kappa shape index (κ2) is 10.0. The van der Waals surface area contributed by atoms with E-state index in [-0.39, 0.29) is 5.91 Å². The zero-order chi connectivity index (χ0) is 27.8. The highest BCUT2D eigenvalue weighted by atomic mass is 16.5. The van der Waals surface area contributed by atoms with E-state index in [2.05, 4.69) is 5.32 Å². The number of benzene rings is 3. The van der Waals surface area contributed by atoms with E-state index in [1.165, 1.54) is 25.8 Å². The Morgan fingerprint density at radius 2 is 1.56 bits per heavy atom. The summed E-state index contributed by atoms with van der Waals surface area (Å²) in [4.78, 5) is 39.1. The molecule has 0 spiro atoms. The van der Waals surface area contributed by atoms with Gasteiger partial charge in [-0.3, -0.25) is 18.7 Å². The molecule has 1 amide bonds. The van der Waals surface area contributed by atoms with Gasteiger partial charge in [0.15, 0.2) is 0 Å². The number of nitrogens with one attached hydrogen (secondary N) is 1. The third kappa shape index (κ3) is 4.37. The zero-order valence-electron chi connectivity index (χ0n) is 22.3. The number of hydrogen-bond acceptors (Lipinski definition) is 5. The molecule has 0 saturated carbocycles. The minimum Gasteiger partial charge on any atom is -0.494 e. The molecule has 198 valence electrons. The van der Waals surface area contributed by atoms with Crippen LogP contribution in [0.3, 0.4) is 0 Å². The van der Waals surface area contributed by atoms with Gasteiger partial charge in [0.25, 0.3) is 11.5 Å². The number of methoxy groups -OCH3 is 2. The van der Waals surface area contributed by atoms with E-state index in [1.807, 2.05) is 41.8 Å². The van der Waals surface area contributed by atoms with Gasteiger partial charge in [-0.1, -0.05) is 42.0 Å². The Bertz CT molecular complexity index is 1850. The van der Waals surface area contributed by atoms with Gasteiger partial charge < -0.3 is 19.4 Å². The number of rotatable bonds is 6. The van der Waals surface area contributed by atoms with Crippen molar-refractivity contribution in [1.29, 1.82) is 0 Å². The van der Waals surface area contributed by atoms with Gasteiger partial charge in [0.05, 0.1) is 42.2 Å². The van der Waals surface area contributed by atoms with Crippen LogP contribution < -0.4 is 26.0 Å². The topological polar surface area (TPSA) is 96.5 Å². The van der Waals surface area contributed by atoms with Crippen LogP contribution in [0.15, 0.2) is 82.5 Å². The largest absolute Gasteiger partial charge is 0.494 e. The Hall–Kier alpha value is -5.05. The fourth-order valence-corrected chi connectivity index (χ4v) is 4.76. The van der Waals surface area contributed by atoms with Crippen LogP contribution >= 0.6 is 0 Å². The lowest BCUT2D eigenvalue weighted by Gasteiger charge is -2.18. The summed E-state index contributed by atoms with van der Waals surface area (Å²) in [5.41, 5.74) is 3.54. The number of ether oxygens (including phenoxy) is 2. The van der Waals surface area contributed by atoms with Gasteiger partial charge in [-0.05, 0) is 30.7 Å². The van der Waals surface area contributed by atoms with Gasteiger partial charge in [0.2, 0.25) is 0 Å². The number of nitrogens with zero attached hydrogens (tertiary/aromatic N) is 3. The summed E-state index contributed by atoms with van der Waals surface area (Å²) < 4.78 is 15.8. The highest BCUT2D eigenvalue weighted by Gasteiger charge is 2.23. The maximum Gasteiger partial charge on any atom is 0.330 e. The highest BCUT2D eigenvalue weighted by Crippen LogP contribution is 2.39. The van der Waals surface area contributed by atoms with Crippen LogP contribution in [0, 0.1) is 6.92 Å². The fraction of sp³-hybridized carbons (Fsp3) is 0.167. The second-order valence-electron chi connectivity index (χ2n) is 9.23. The highest BCUT2D eigenvalue weighted by molar-refractivity contribution is 6.05. The standard InChI is InChI=1S/C30H28N4O5/c1-18-10-9-13-20(14-18)27-26-23(32(2)30(37)33(3)29(26)36)17-34(27)22-16-24(38-4)21(15-25(22)39-5)31-28(35)19-11-7-6-8-12-19/h6-17H,1-5H3,(H,31,35). The maximum atomic E-state index is 13.4. The molecule has 0 aliphatic carbocycles. The molecule has 2 aromatic heterocycles. The summed E-state index contributed by atoms with van der Waals surface area (Å²) in [7, 11) is 6.14. The molecule has 3 aromatic carbocycles. The average molecular weight is 525 g/mol. The first-order valence-electron chi connectivity index (χ1n) is 12.3. The van der Waals surface area contributed by atoms with Gasteiger partial charge in [0, 0.05) is 38.0 Å². The van der Waals surface area contributed by atoms with Gasteiger partial charge in [-0.25, -0.2) is 4.79 Å². The molecule has 0 aliphatic rings. The molecule has 0 fully saturated rings. The van der Waals surface area contributed by atoms with Crippen LogP contribution in [0.1, 0.15) is 15.9 Å². The Kier molecular flexibility index (Phi) is 6.57. The molecule has 0 radical (unpaired) electrons. The van der Waals surface area contributed by atoms with Crippen LogP contribution in [0.2, 0.25) is 0 Å². The molecule has 9 heteroatoms. The van der Waals surface area contributed by atoms with Crippen molar-refractivity contribution in [3.05, 3.63) is 105 Å². The van der Waals surface area contributed by atoms with Crippen molar-refractivity contribution >= 4 is 22.5 Å². The molecule has 0 unspecified atom stereocenters. The van der Waals surface area contributed by atoms with E-state index in [1.54, 1.807) is 49.6 Å². The van der Waals surface area contributed by atoms with Crippen molar-refractivity contribution in [2.75, 3.05) is 19.5 Å². The third-order valence-corrected chi connectivity index (χ3v) is 6.78. The Labute approximate surface area is 224 Å². The molecule has 0 atom stereocenters. The second-order valence-corrected chi connectivity index (χ2v) is 9.23. The van der Waals surface area contributed by atoms with Crippen molar-refractivity contribution < 1.29 is 14.3 Å². The SMILES string of the molecule is COc1cc(-n2cc3c(c2-c2cccc(C)c2)c(=O)n(C)c(=O)n3C)c(OC)cc1NC(=O)c1ccccc1. The number of anilines is 1. The summed E-state index contributed by atoms with van der Waals surface area (Å²) in [5.74, 6) is 0.523. The van der Waals surface area contributed by atoms with Crippen LogP contribution in [0.5, 0.6) is 11.5 Å². The van der Waals surface area contributed by atoms with Crippen molar-refractivity contribution in [2.45, 2.75) is 6.92 Å². The van der Waals surface area contributed by atoms with Crippen molar-refractivity contribution in [3.63, 3.8) is 0 Å². The number of fused-ring (bicyclic) bond motifs is 1. The summed E-state index contributed by atoms with van der Waals surface area (Å²) in [6.45, 7) is 1.97. The molecule has 1 N–H and O–H groups in total. The summed E-state index contributed by atoms with van der Waals surface area (Å²) >= 11 is 0. The molecule has 9 nitrogen and oxygen atoms in total. The first-order chi connectivity index (χ1) is 18.7. The van der Waals surface area contributed by atoms with E-state index in [9.17, 15) is 14.4 Å². The Balaban J connectivity index is 1.78. The van der Waals surface area contributed by atoms with Gasteiger partial charge in [-0.15, -0.1) is 0 Å². The quantitative estimate of drug-likeness (QED) is 0.358. The summed E-state index contributed by atoms with van der Waals surface area (Å²) in [6, 6.07) is 20.1. The van der Waals surface area contributed by atoms with Crippen molar-refractivity contribution in [2.24, 2.45) is 14.1 Å². The predicted octanol–water partition coefficient (Wildman–Crippen LogP) is 4.27. The molecular formula is C30H28N4O5. The lowest BCUT2D eigenvalue weighted by Crippen LogP contribution is -2.36. The van der Waals surface area contributed by atoms with Gasteiger partial charge >= 0.3 is 5.69 Å². The number of carbonyl (C=O) groups excluding carboxylic acids is 1. The van der Waals surface area contributed by atoms with Crippen LogP contribution in [0.4, 0.5) is 5.69 Å². The molecule has 0 bridgehead atoms. The monoisotopic (exact) mass is 524 g/mol. The third-order valence-electron chi connectivity index (χ3n) is 6.78. The van der Waals surface area contributed by atoms with Crippen LogP contribution in [-0.2, 0) is 14.1 Å². The smallest absolute Gasteiger partial charge is 0.330 e. The van der Waals surface area contributed by atoms with E-state index >= 15 is 0 Å².